The SMILES string of the molecule is C1CCCC1.Cc1ccc(NC(=O)Cc2ccccn2)nn1.c1ccc(Nc2nncs2)nc1. The number of carbonyl (C=O) groups is 1. The summed E-state index contributed by atoms with van der Waals surface area (Å²) in [7, 11) is 0. The minimum absolute atomic E-state index is 0.151. The van der Waals surface area contributed by atoms with E-state index in [1.807, 2.05) is 37.3 Å². The van der Waals surface area contributed by atoms with Crippen molar-refractivity contribution in [3.63, 3.8) is 0 Å². The Morgan fingerprint density at radius 1 is 0.853 bits per heavy atom. The highest BCUT2D eigenvalue weighted by molar-refractivity contribution is 7.13. The van der Waals surface area contributed by atoms with E-state index in [9.17, 15) is 4.79 Å². The second kappa shape index (κ2) is 14.4. The highest BCUT2D eigenvalue weighted by Crippen LogP contribution is 2.15. The van der Waals surface area contributed by atoms with Gasteiger partial charge in [0.2, 0.25) is 11.0 Å². The monoisotopic (exact) mass is 476 g/mol. The molecule has 4 aromatic heterocycles. The molecule has 1 fully saturated rings. The topological polar surface area (TPSA) is 118 Å². The van der Waals surface area contributed by atoms with Gasteiger partial charge in [0.1, 0.15) is 11.3 Å². The third kappa shape index (κ3) is 9.78. The largest absolute Gasteiger partial charge is 0.315 e. The Hall–Kier alpha value is -3.79. The van der Waals surface area contributed by atoms with Crippen LogP contribution in [0.3, 0.4) is 0 Å². The molecule has 4 aromatic rings. The first-order chi connectivity index (χ1) is 16.7. The second-order valence-electron chi connectivity index (χ2n) is 7.46. The van der Waals surface area contributed by atoms with E-state index in [-0.39, 0.29) is 12.3 Å². The van der Waals surface area contributed by atoms with E-state index < -0.39 is 0 Å². The van der Waals surface area contributed by atoms with Gasteiger partial charge in [0.15, 0.2) is 5.82 Å². The van der Waals surface area contributed by atoms with Gasteiger partial charge in [-0.1, -0.05) is 55.6 Å². The van der Waals surface area contributed by atoms with Gasteiger partial charge in [-0.25, -0.2) is 4.98 Å². The molecule has 10 heteroatoms. The summed E-state index contributed by atoms with van der Waals surface area (Å²) in [6.07, 6.45) is 11.1. The van der Waals surface area contributed by atoms with Crippen molar-refractivity contribution in [1.29, 1.82) is 0 Å². The van der Waals surface area contributed by atoms with Crippen LogP contribution in [0, 0.1) is 6.92 Å². The van der Waals surface area contributed by atoms with Crippen LogP contribution in [0.25, 0.3) is 0 Å². The van der Waals surface area contributed by atoms with Gasteiger partial charge in [-0.05, 0) is 43.3 Å². The first-order valence-electron chi connectivity index (χ1n) is 11.1. The molecule has 1 aliphatic carbocycles. The van der Waals surface area contributed by atoms with Crippen molar-refractivity contribution >= 4 is 34.0 Å². The van der Waals surface area contributed by atoms with Crippen LogP contribution >= 0.6 is 11.3 Å². The maximum Gasteiger partial charge on any atom is 0.231 e. The van der Waals surface area contributed by atoms with Crippen LogP contribution in [0.1, 0.15) is 43.5 Å². The van der Waals surface area contributed by atoms with Crippen LogP contribution in [0.4, 0.5) is 16.8 Å². The Balaban J connectivity index is 0.000000164. The van der Waals surface area contributed by atoms with Crippen LogP contribution in [-0.2, 0) is 11.2 Å². The number of pyridine rings is 2. The van der Waals surface area contributed by atoms with Crippen molar-refractivity contribution in [2.45, 2.75) is 45.4 Å². The zero-order chi connectivity index (χ0) is 23.8. The maximum absolute atomic E-state index is 11.6. The molecule has 0 atom stereocenters. The number of nitrogens with one attached hydrogen (secondary N) is 2. The molecule has 0 bridgehead atoms. The van der Waals surface area contributed by atoms with E-state index in [1.54, 1.807) is 36.1 Å². The highest BCUT2D eigenvalue weighted by atomic mass is 32.1. The number of hydrogen-bond donors (Lipinski definition) is 2. The fourth-order valence-electron chi connectivity index (χ4n) is 2.98. The summed E-state index contributed by atoms with van der Waals surface area (Å²) >= 11 is 1.44. The zero-order valence-electron chi connectivity index (χ0n) is 19.1. The quantitative estimate of drug-likeness (QED) is 0.414. The number of carbonyl (C=O) groups excluding carboxylic acids is 1. The van der Waals surface area contributed by atoms with E-state index in [1.165, 1.54) is 43.4 Å². The molecule has 1 amide bonds. The summed E-state index contributed by atoms with van der Waals surface area (Å²) in [5, 5.41) is 21.7. The first kappa shape index (κ1) is 24.8. The number of amides is 1. The molecular formula is C24H28N8OS. The summed E-state index contributed by atoms with van der Waals surface area (Å²) in [5.74, 6) is 1.09. The van der Waals surface area contributed by atoms with Crippen LogP contribution in [-0.4, -0.2) is 36.3 Å². The summed E-state index contributed by atoms with van der Waals surface area (Å²) in [4.78, 5) is 19.8. The second-order valence-corrected chi connectivity index (χ2v) is 8.29. The number of aryl methyl sites for hydroxylation is 1. The van der Waals surface area contributed by atoms with Crippen molar-refractivity contribution < 1.29 is 4.79 Å². The zero-order valence-corrected chi connectivity index (χ0v) is 19.9. The fraction of sp³-hybridized carbons (Fsp3) is 0.292. The molecule has 9 nitrogen and oxygen atoms in total. The maximum atomic E-state index is 11.6. The molecular weight excluding hydrogens is 448 g/mol. The molecule has 1 saturated carbocycles. The van der Waals surface area contributed by atoms with Crippen LogP contribution in [0.5, 0.6) is 0 Å². The van der Waals surface area contributed by atoms with Crippen molar-refractivity contribution in [3.05, 3.63) is 77.8 Å². The van der Waals surface area contributed by atoms with Gasteiger partial charge in [-0.2, -0.15) is 5.10 Å². The average Bonchev–Trinajstić information content (AvgIpc) is 3.60. The van der Waals surface area contributed by atoms with Gasteiger partial charge in [-0.3, -0.25) is 9.78 Å². The van der Waals surface area contributed by atoms with Crippen molar-refractivity contribution in [2.24, 2.45) is 0 Å². The summed E-state index contributed by atoms with van der Waals surface area (Å²) in [5.41, 5.74) is 3.21. The minimum Gasteiger partial charge on any atom is -0.315 e. The van der Waals surface area contributed by atoms with E-state index in [0.717, 1.165) is 22.3 Å². The van der Waals surface area contributed by atoms with Crippen molar-refractivity contribution in [1.82, 2.24) is 30.4 Å². The number of rotatable bonds is 5. The molecule has 34 heavy (non-hydrogen) atoms. The molecule has 0 radical (unpaired) electrons. The lowest BCUT2D eigenvalue weighted by molar-refractivity contribution is -0.115. The smallest absolute Gasteiger partial charge is 0.231 e. The molecule has 0 aromatic carbocycles. The summed E-state index contributed by atoms with van der Waals surface area (Å²) in [6.45, 7) is 1.84. The van der Waals surface area contributed by atoms with E-state index in [0.29, 0.717) is 5.82 Å². The van der Waals surface area contributed by atoms with Gasteiger partial charge in [-0.15, -0.1) is 15.3 Å². The molecule has 0 saturated heterocycles. The van der Waals surface area contributed by atoms with Crippen molar-refractivity contribution in [3.8, 4) is 0 Å². The molecule has 0 aliphatic heterocycles. The van der Waals surface area contributed by atoms with Crippen LogP contribution in [0.2, 0.25) is 0 Å². The van der Waals surface area contributed by atoms with Crippen molar-refractivity contribution in [2.75, 3.05) is 10.6 Å². The predicted octanol–water partition coefficient (Wildman–Crippen LogP) is 4.99. The first-order valence-corrected chi connectivity index (χ1v) is 12.0. The predicted molar refractivity (Wildman–Crippen MR) is 134 cm³/mol. The van der Waals surface area contributed by atoms with E-state index in [2.05, 4.69) is 41.0 Å². The van der Waals surface area contributed by atoms with E-state index in [4.69, 9.17) is 0 Å². The van der Waals surface area contributed by atoms with Crippen LogP contribution < -0.4 is 10.6 Å². The van der Waals surface area contributed by atoms with Crippen LogP contribution in [0.15, 0.2) is 66.4 Å². The fourth-order valence-corrected chi connectivity index (χ4v) is 3.43. The average molecular weight is 477 g/mol. The van der Waals surface area contributed by atoms with Gasteiger partial charge >= 0.3 is 0 Å². The summed E-state index contributed by atoms with van der Waals surface area (Å²) < 4.78 is 0. The Morgan fingerprint density at radius 3 is 2.15 bits per heavy atom. The molecule has 4 heterocycles. The lowest BCUT2D eigenvalue weighted by Gasteiger charge is -2.03. The normalized spacial score (nSPS) is 11.9. The molecule has 176 valence electrons. The third-order valence-corrected chi connectivity index (χ3v) is 5.25. The van der Waals surface area contributed by atoms with Gasteiger partial charge in [0, 0.05) is 18.1 Å². The molecule has 0 spiro atoms. The number of aromatic nitrogens is 6. The Bertz CT molecular complexity index is 1070. The van der Waals surface area contributed by atoms with Gasteiger partial charge in [0.05, 0.1) is 12.1 Å². The molecule has 1 aliphatic rings. The highest BCUT2D eigenvalue weighted by Gasteiger charge is 2.05. The standard InChI is InChI=1S/C12H12N4O.C7H6N4S.C5H10/c1-9-5-6-11(16-15-9)14-12(17)8-10-4-2-3-7-13-10;1-2-4-8-6(3-1)10-7-11-9-5-12-7;1-2-4-5-3-1/h2-7H,8H2,1H3,(H,14,16,17);1-5H,(H,8,10,11);1-5H2. The number of nitrogens with zero attached hydrogens (tertiary/aromatic N) is 6. The van der Waals surface area contributed by atoms with E-state index >= 15 is 0 Å². The Morgan fingerprint density at radius 2 is 1.59 bits per heavy atom. The summed E-state index contributed by atoms with van der Waals surface area (Å²) in [6, 6.07) is 14.6. The molecule has 0 unspecified atom stereocenters. The lowest BCUT2D eigenvalue weighted by Crippen LogP contribution is -2.16. The lowest BCUT2D eigenvalue weighted by atomic mass is 10.2. The third-order valence-electron chi connectivity index (χ3n) is 4.64. The Kier molecular flexibility index (Phi) is 10.5. The minimum atomic E-state index is -0.151. The molecule has 5 rings (SSSR count). The molecule has 2 N–H and O–H groups in total. The van der Waals surface area contributed by atoms with Gasteiger partial charge in [0.25, 0.3) is 0 Å². The van der Waals surface area contributed by atoms with Gasteiger partial charge < -0.3 is 10.6 Å². The number of anilines is 3. The Labute approximate surface area is 203 Å². The number of hydrogen-bond acceptors (Lipinski definition) is 9.